The van der Waals surface area contributed by atoms with Crippen LogP contribution >= 0.6 is 0 Å². The van der Waals surface area contributed by atoms with Gasteiger partial charge < -0.3 is 24.8 Å². The van der Waals surface area contributed by atoms with Gasteiger partial charge >= 0.3 is 5.97 Å². The number of benzene rings is 2. The van der Waals surface area contributed by atoms with Crippen molar-refractivity contribution in [1.82, 2.24) is 4.90 Å². The van der Waals surface area contributed by atoms with Crippen molar-refractivity contribution in [2.75, 3.05) is 26.8 Å². The van der Waals surface area contributed by atoms with Crippen LogP contribution in [0.4, 0.5) is 0 Å². The summed E-state index contributed by atoms with van der Waals surface area (Å²) in [6, 6.07) is 14.6. The molecule has 1 aliphatic rings. The molecule has 3 N–H and O–H groups in total. The summed E-state index contributed by atoms with van der Waals surface area (Å²) in [5, 5.41) is 30.4. The van der Waals surface area contributed by atoms with Gasteiger partial charge in [-0.25, -0.2) is 4.79 Å². The second-order valence-corrected chi connectivity index (χ2v) is 7.95. The van der Waals surface area contributed by atoms with Crippen LogP contribution in [-0.2, 0) is 17.7 Å². The molecule has 0 saturated carbocycles. The minimum atomic E-state index is -1.12. The number of carboxylic acids is 1. The fraction of sp³-hybridized carbons (Fsp3) is 0.458. The molecule has 0 saturated heterocycles. The second-order valence-electron chi connectivity index (χ2n) is 7.95. The Hall–Kier alpha value is -2.45. The van der Waals surface area contributed by atoms with Gasteiger partial charge in [-0.1, -0.05) is 30.3 Å². The van der Waals surface area contributed by atoms with Crippen molar-refractivity contribution in [3.8, 4) is 5.75 Å². The number of fused-ring (bicyclic) bond motifs is 1. The number of para-hydroxylation sites is 1. The summed E-state index contributed by atoms with van der Waals surface area (Å²) in [6.45, 7) is 1.65. The molecule has 168 valence electrons. The molecule has 0 amide bonds. The van der Waals surface area contributed by atoms with E-state index in [9.17, 15) is 20.1 Å². The van der Waals surface area contributed by atoms with Crippen LogP contribution in [-0.4, -0.2) is 71.3 Å². The Morgan fingerprint density at radius 1 is 1.16 bits per heavy atom. The number of aliphatic hydroxyl groups is 2. The zero-order valence-electron chi connectivity index (χ0n) is 17.8. The Morgan fingerprint density at radius 3 is 2.74 bits per heavy atom. The molecule has 0 fully saturated rings. The molecule has 0 aromatic heterocycles. The number of methoxy groups -OCH3 is 1. The van der Waals surface area contributed by atoms with Crippen molar-refractivity contribution in [1.29, 1.82) is 0 Å². The minimum Gasteiger partial charge on any atom is -0.491 e. The molecule has 0 aliphatic carbocycles. The van der Waals surface area contributed by atoms with Gasteiger partial charge in [0.25, 0.3) is 0 Å². The van der Waals surface area contributed by atoms with Crippen LogP contribution in [0.2, 0.25) is 0 Å². The average Bonchev–Trinajstić information content (AvgIpc) is 2.79. The maximum Gasteiger partial charge on any atom is 0.335 e. The van der Waals surface area contributed by atoms with Gasteiger partial charge in [-0.2, -0.15) is 0 Å². The normalized spacial score (nSPS) is 23.5. The van der Waals surface area contributed by atoms with E-state index in [0.717, 1.165) is 42.7 Å². The highest BCUT2D eigenvalue weighted by molar-refractivity contribution is 5.87. The smallest absolute Gasteiger partial charge is 0.335 e. The molecule has 3 atom stereocenters. The van der Waals surface area contributed by atoms with Crippen LogP contribution in [0.25, 0.3) is 0 Å². The molecule has 1 heterocycles. The van der Waals surface area contributed by atoms with Crippen LogP contribution in [0.1, 0.15) is 34.3 Å². The number of carbonyl (C=O) groups is 1. The number of aromatic carboxylic acids is 1. The number of nitrogens with zero attached hydrogens (tertiary/aromatic N) is 1. The van der Waals surface area contributed by atoms with Crippen molar-refractivity contribution in [3.05, 3.63) is 65.2 Å². The van der Waals surface area contributed by atoms with E-state index in [0.29, 0.717) is 13.1 Å². The van der Waals surface area contributed by atoms with Gasteiger partial charge in [-0.3, -0.25) is 4.90 Å². The van der Waals surface area contributed by atoms with Gasteiger partial charge in [0.15, 0.2) is 0 Å². The summed E-state index contributed by atoms with van der Waals surface area (Å²) in [6.07, 6.45) is -0.110. The molecule has 7 heteroatoms. The summed E-state index contributed by atoms with van der Waals surface area (Å²) in [5.41, 5.74) is 2.20. The fourth-order valence-corrected chi connectivity index (χ4v) is 3.90. The predicted molar refractivity (Wildman–Crippen MR) is 116 cm³/mol. The van der Waals surface area contributed by atoms with E-state index >= 15 is 0 Å². The second kappa shape index (κ2) is 11.2. The third-order valence-electron chi connectivity index (χ3n) is 5.65. The molecule has 2 aromatic carbocycles. The summed E-state index contributed by atoms with van der Waals surface area (Å²) >= 11 is 0. The van der Waals surface area contributed by atoms with Gasteiger partial charge in [0.05, 0.1) is 11.7 Å². The van der Waals surface area contributed by atoms with Gasteiger partial charge in [-0.15, -0.1) is 0 Å². The highest BCUT2D eigenvalue weighted by Crippen LogP contribution is 2.22. The maximum absolute atomic E-state index is 11.3. The van der Waals surface area contributed by atoms with Crippen molar-refractivity contribution in [3.63, 3.8) is 0 Å². The number of hydrogen-bond donors (Lipinski definition) is 3. The van der Waals surface area contributed by atoms with E-state index in [4.69, 9.17) is 9.47 Å². The Kier molecular flexibility index (Phi) is 8.43. The molecular weight excluding hydrogens is 398 g/mol. The third kappa shape index (κ3) is 6.51. The lowest BCUT2D eigenvalue weighted by atomic mass is 10.1. The van der Waals surface area contributed by atoms with Gasteiger partial charge in [0.2, 0.25) is 0 Å². The van der Waals surface area contributed by atoms with E-state index < -0.39 is 24.3 Å². The van der Waals surface area contributed by atoms with E-state index in [-0.39, 0.29) is 12.2 Å². The number of carboxylic acid groups (broad SMARTS) is 1. The molecule has 0 spiro atoms. The predicted octanol–water partition coefficient (Wildman–Crippen LogP) is 2.34. The lowest BCUT2D eigenvalue weighted by Gasteiger charge is -2.31. The summed E-state index contributed by atoms with van der Waals surface area (Å²) in [5.74, 6) is -0.233. The molecule has 7 nitrogen and oxygen atoms in total. The zero-order valence-corrected chi connectivity index (χ0v) is 17.8. The Labute approximate surface area is 182 Å². The standard InChI is InChI=1S/C24H31NO6/c1-30-22-15-25(14-17-7-6-10-19(13-17)24(28)29)12-5-4-9-18-8-2-3-11-21(18)31-16-20(26)23(22)27/h2-3,6-8,10-11,13,20,22-23,26-27H,4-5,9,12,14-16H2,1H3,(H,28,29)/t20-,22+,23-/m1/s1. The summed E-state index contributed by atoms with van der Waals surface area (Å²) in [7, 11) is 1.51. The van der Waals surface area contributed by atoms with Crippen LogP contribution in [0, 0.1) is 0 Å². The molecule has 0 radical (unpaired) electrons. The lowest BCUT2D eigenvalue weighted by Crippen LogP contribution is -2.47. The van der Waals surface area contributed by atoms with Crippen LogP contribution in [0.5, 0.6) is 5.75 Å². The zero-order chi connectivity index (χ0) is 22.2. The summed E-state index contributed by atoms with van der Waals surface area (Å²) in [4.78, 5) is 13.4. The first-order valence-electron chi connectivity index (χ1n) is 10.6. The Morgan fingerprint density at radius 2 is 1.97 bits per heavy atom. The van der Waals surface area contributed by atoms with Crippen LogP contribution in [0.15, 0.2) is 48.5 Å². The SMILES string of the molecule is CO[C@H]1CN(Cc2cccc(C(=O)O)c2)CCCCc2ccccc2OC[C@@H](O)[C@H]1O. The molecule has 31 heavy (non-hydrogen) atoms. The van der Waals surface area contributed by atoms with Crippen LogP contribution in [0.3, 0.4) is 0 Å². The fourth-order valence-electron chi connectivity index (χ4n) is 3.90. The third-order valence-corrected chi connectivity index (χ3v) is 5.65. The van der Waals surface area contributed by atoms with E-state index in [1.165, 1.54) is 7.11 Å². The van der Waals surface area contributed by atoms with Crippen molar-refractivity contribution < 1.29 is 29.6 Å². The van der Waals surface area contributed by atoms with E-state index in [1.807, 2.05) is 30.3 Å². The van der Waals surface area contributed by atoms with Crippen molar-refractivity contribution in [2.45, 2.75) is 44.1 Å². The maximum atomic E-state index is 11.3. The molecule has 2 aromatic rings. The number of rotatable bonds is 4. The monoisotopic (exact) mass is 429 g/mol. The van der Waals surface area contributed by atoms with Crippen molar-refractivity contribution in [2.24, 2.45) is 0 Å². The van der Waals surface area contributed by atoms with Gasteiger partial charge in [0, 0.05) is 20.2 Å². The van der Waals surface area contributed by atoms with E-state index in [2.05, 4.69) is 4.90 Å². The highest BCUT2D eigenvalue weighted by atomic mass is 16.5. The largest absolute Gasteiger partial charge is 0.491 e. The Balaban J connectivity index is 1.79. The number of hydrogen-bond acceptors (Lipinski definition) is 6. The number of ether oxygens (including phenoxy) is 2. The minimum absolute atomic E-state index is 0.0291. The van der Waals surface area contributed by atoms with E-state index in [1.54, 1.807) is 18.2 Å². The highest BCUT2D eigenvalue weighted by Gasteiger charge is 2.29. The van der Waals surface area contributed by atoms with Crippen LogP contribution < -0.4 is 4.74 Å². The quantitative estimate of drug-likeness (QED) is 0.686. The number of aryl methyl sites for hydroxylation is 1. The van der Waals surface area contributed by atoms with Crippen molar-refractivity contribution >= 4 is 5.97 Å². The first-order valence-corrected chi connectivity index (χ1v) is 10.6. The number of aliphatic hydroxyl groups excluding tert-OH is 2. The molecule has 3 rings (SSSR count). The van der Waals surface area contributed by atoms with Gasteiger partial charge in [-0.05, 0) is 55.1 Å². The molecule has 0 bridgehead atoms. The topological polar surface area (TPSA) is 99.5 Å². The first kappa shape index (κ1) is 23.2. The summed E-state index contributed by atoms with van der Waals surface area (Å²) < 4.78 is 11.3. The Bertz CT molecular complexity index is 857. The average molecular weight is 430 g/mol. The molecule has 0 unspecified atom stereocenters. The molecule has 1 aliphatic heterocycles. The first-order chi connectivity index (χ1) is 15.0. The molecular formula is C24H31NO6. The van der Waals surface area contributed by atoms with Gasteiger partial charge in [0.1, 0.15) is 24.6 Å². The lowest BCUT2D eigenvalue weighted by molar-refractivity contribution is -0.0955.